The van der Waals surface area contributed by atoms with Gasteiger partial charge in [-0.1, -0.05) is 117 Å². The summed E-state index contributed by atoms with van der Waals surface area (Å²) >= 11 is 11.1. The standard InChI is InChI=1S/C17H23NO4.2C6H5Cl.C2H6/c1-3-4-14(17(20)21)18-9-10-22-15(16(18)19)11-13-7-5-12(2)6-8-13;2*7-6-4-2-1-3-5-6;1-2/h5-8,14-15H,3-4,9-11H2,1-2H3,(H,20,21);2*1-5H;1-2H3/t14?,15-;;;/m1.../s1. The van der Waals surface area contributed by atoms with Crippen molar-refractivity contribution in [3.63, 3.8) is 0 Å². The van der Waals surface area contributed by atoms with Crippen LogP contribution in [0.15, 0.2) is 84.9 Å². The molecule has 38 heavy (non-hydrogen) atoms. The van der Waals surface area contributed by atoms with Gasteiger partial charge in [-0.2, -0.15) is 0 Å². The van der Waals surface area contributed by atoms with Crippen LogP contribution in [0.5, 0.6) is 0 Å². The van der Waals surface area contributed by atoms with E-state index >= 15 is 0 Å². The highest BCUT2D eigenvalue weighted by molar-refractivity contribution is 6.30. The first-order valence-electron chi connectivity index (χ1n) is 12.9. The number of hydrogen-bond acceptors (Lipinski definition) is 3. The number of hydrogen-bond donors (Lipinski definition) is 1. The molecule has 2 atom stereocenters. The van der Waals surface area contributed by atoms with E-state index in [-0.39, 0.29) is 5.91 Å². The van der Waals surface area contributed by atoms with Gasteiger partial charge in [0, 0.05) is 23.0 Å². The summed E-state index contributed by atoms with van der Waals surface area (Å²) in [6, 6.07) is 26.1. The minimum atomic E-state index is -0.939. The summed E-state index contributed by atoms with van der Waals surface area (Å²) in [5.74, 6) is -1.15. The van der Waals surface area contributed by atoms with Crippen molar-refractivity contribution in [2.24, 2.45) is 0 Å². The van der Waals surface area contributed by atoms with Crippen LogP contribution >= 0.6 is 23.2 Å². The van der Waals surface area contributed by atoms with E-state index in [1.807, 2.05) is 113 Å². The number of carboxylic acid groups (broad SMARTS) is 1. The zero-order valence-electron chi connectivity index (χ0n) is 22.6. The molecule has 1 unspecified atom stereocenters. The number of aryl methyl sites for hydroxylation is 1. The minimum absolute atomic E-state index is 0.215. The van der Waals surface area contributed by atoms with Gasteiger partial charge in [-0.25, -0.2) is 4.79 Å². The first-order chi connectivity index (χ1) is 18.3. The molecule has 0 saturated carbocycles. The molecule has 1 heterocycles. The van der Waals surface area contributed by atoms with Gasteiger partial charge >= 0.3 is 5.97 Å². The maximum atomic E-state index is 12.6. The molecule has 0 aliphatic carbocycles. The third kappa shape index (κ3) is 12.6. The summed E-state index contributed by atoms with van der Waals surface area (Å²) in [7, 11) is 0. The Morgan fingerprint density at radius 3 is 1.84 bits per heavy atom. The number of carbonyl (C=O) groups excluding carboxylic acids is 1. The highest BCUT2D eigenvalue weighted by Gasteiger charge is 2.36. The number of morpholine rings is 1. The molecule has 1 amide bonds. The van der Waals surface area contributed by atoms with E-state index in [0.717, 1.165) is 27.6 Å². The van der Waals surface area contributed by atoms with Crippen LogP contribution in [0, 0.1) is 6.92 Å². The van der Waals surface area contributed by atoms with Crippen molar-refractivity contribution >= 4 is 35.1 Å². The van der Waals surface area contributed by atoms with Gasteiger partial charge < -0.3 is 14.7 Å². The zero-order chi connectivity index (χ0) is 28.3. The Morgan fingerprint density at radius 2 is 1.45 bits per heavy atom. The molecule has 1 aliphatic heterocycles. The number of halogens is 2. The topological polar surface area (TPSA) is 66.8 Å². The van der Waals surface area contributed by atoms with Gasteiger partial charge in [0.25, 0.3) is 5.91 Å². The molecule has 5 nitrogen and oxygen atoms in total. The summed E-state index contributed by atoms with van der Waals surface area (Å²) < 4.78 is 5.58. The smallest absolute Gasteiger partial charge is 0.326 e. The van der Waals surface area contributed by atoms with Gasteiger partial charge in [-0.3, -0.25) is 4.79 Å². The predicted molar refractivity (Wildman–Crippen MR) is 157 cm³/mol. The maximum Gasteiger partial charge on any atom is 0.326 e. The van der Waals surface area contributed by atoms with Crippen LogP contribution in [-0.4, -0.2) is 47.2 Å². The quantitative estimate of drug-likeness (QED) is 0.335. The van der Waals surface area contributed by atoms with Crippen LogP contribution in [0.25, 0.3) is 0 Å². The van der Waals surface area contributed by atoms with Crippen molar-refractivity contribution in [2.75, 3.05) is 13.2 Å². The fourth-order valence-electron chi connectivity index (χ4n) is 3.57. The number of carboxylic acids is 1. The zero-order valence-corrected chi connectivity index (χ0v) is 24.2. The lowest BCUT2D eigenvalue weighted by Gasteiger charge is -2.36. The Morgan fingerprint density at radius 1 is 0.947 bits per heavy atom. The second-order valence-electron chi connectivity index (χ2n) is 8.31. The molecule has 0 spiro atoms. The molecular formula is C31H39Cl2NO4. The normalized spacial score (nSPS) is 14.9. The van der Waals surface area contributed by atoms with E-state index < -0.39 is 18.1 Å². The predicted octanol–water partition coefficient (Wildman–Crippen LogP) is 7.72. The van der Waals surface area contributed by atoms with Crippen LogP contribution in [0.4, 0.5) is 0 Å². The fourth-order valence-corrected chi connectivity index (χ4v) is 3.86. The summed E-state index contributed by atoms with van der Waals surface area (Å²) in [6.07, 6.45) is 1.09. The number of benzene rings is 3. The largest absolute Gasteiger partial charge is 0.480 e. The fraction of sp³-hybridized carbons (Fsp3) is 0.355. The van der Waals surface area contributed by atoms with Crippen LogP contribution in [0.2, 0.25) is 10.0 Å². The van der Waals surface area contributed by atoms with E-state index in [1.54, 1.807) is 0 Å². The Bertz CT molecular complexity index is 1010. The third-order valence-corrected chi connectivity index (χ3v) is 5.95. The van der Waals surface area contributed by atoms with Gasteiger partial charge in [-0.15, -0.1) is 0 Å². The molecule has 1 fully saturated rings. The molecule has 0 aromatic heterocycles. The number of nitrogens with zero attached hydrogens (tertiary/aromatic N) is 1. The van der Waals surface area contributed by atoms with Gasteiger partial charge in [0.15, 0.2) is 0 Å². The SMILES string of the molecule is CC.CCCC(C(=O)O)N1CCO[C@H](Cc2ccc(C)cc2)C1=O.Clc1ccccc1.Clc1ccccc1. The van der Waals surface area contributed by atoms with Gasteiger partial charge in [-0.05, 0) is 43.2 Å². The number of rotatable bonds is 6. The molecule has 1 saturated heterocycles. The van der Waals surface area contributed by atoms with E-state index in [4.69, 9.17) is 27.9 Å². The maximum absolute atomic E-state index is 12.6. The van der Waals surface area contributed by atoms with Crippen molar-refractivity contribution in [3.8, 4) is 0 Å². The molecule has 206 valence electrons. The Hall–Kier alpha value is -2.86. The Labute approximate surface area is 237 Å². The van der Waals surface area contributed by atoms with Crippen LogP contribution in [0.1, 0.15) is 44.7 Å². The first kappa shape index (κ1) is 33.2. The lowest BCUT2D eigenvalue weighted by molar-refractivity contribution is -0.164. The van der Waals surface area contributed by atoms with E-state index in [9.17, 15) is 14.7 Å². The number of amides is 1. The van der Waals surface area contributed by atoms with Crippen molar-refractivity contribution in [1.29, 1.82) is 0 Å². The monoisotopic (exact) mass is 559 g/mol. The van der Waals surface area contributed by atoms with Crippen LogP contribution in [-0.2, 0) is 20.7 Å². The molecule has 0 radical (unpaired) electrons. The second-order valence-corrected chi connectivity index (χ2v) is 9.19. The molecule has 0 bridgehead atoms. The highest BCUT2D eigenvalue weighted by Crippen LogP contribution is 2.18. The average Bonchev–Trinajstić information content (AvgIpc) is 2.93. The summed E-state index contributed by atoms with van der Waals surface area (Å²) in [4.78, 5) is 25.4. The lowest BCUT2D eigenvalue weighted by Crippen LogP contribution is -2.55. The van der Waals surface area contributed by atoms with Gasteiger partial charge in [0.2, 0.25) is 0 Å². The molecule has 3 aromatic rings. The molecule has 1 N–H and O–H groups in total. The Balaban J connectivity index is 0.000000364. The van der Waals surface area contributed by atoms with Gasteiger partial charge in [0.05, 0.1) is 6.61 Å². The number of carbonyl (C=O) groups is 2. The van der Waals surface area contributed by atoms with Crippen molar-refractivity contribution in [3.05, 3.63) is 106 Å². The molecule has 3 aromatic carbocycles. The number of aliphatic carboxylic acids is 1. The summed E-state index contributed by atoms with van der Waals surface area (Å²) in [5.41, 5.74) is 2.18. The number of ether oxygens (including phenoxy) is 1. The summed E-state index contributed by atoms with van der Waals surface area (Å²) in [6.45, 7) is 8.66. The Kier molecular flexibility index (Phi) is 16.8. The minimum Gasteiger partial charge on any atom is -0.480 e. The highest BCUT2D eigenvalue weighted by atomic mass is 35.5. The lowest BCUT2D eigenvalue weighted by atomic mass is 10.0. The third-order valence-electron chi connectivity index (χ3n) is 5.44. The molecule has 4 rings (SSSR count). The average molecular weight is 561 g/mol. The van der Waals surface area contributed by atoms with Crippen molar-refractivity contribution in [2.45, 2.75) is 59.1 Å². The van der Waals surface area contributed by atoms with E-state index in [1.165, 1.54) is 4.90 Å². The second kappa shape index (κ2) is 19.2. The molecule has 1 aliphatic rings. The van der Waals surface area contributed by atoms with Crippen molar-refractivity contribution in [1.82, 2.24) is 4.90 Å². The van der Waals surface area contributed by atoms with Crippen LogP contribution in [0.3, 0.4) is 0 Å². The van der Waals surface area contributed by atoms with Gasteiger partial charge in [0.1, 0.15) is 12.1 Å². The summed E-state index contributed by atoms with van der Waals surface area (Å²) in [5, 5.41) is 10.9. The van der Waals surface area contributed by atoms with E-state index in [0.29, 0.717) is 26.0 Å². The first-order valence-corrected chi connectivity index (χ1v) is 13.7. The van der Waals surface area contributed by atoms with Crippen LogP contribution < -0.4 is 0 Å². The molecular weight excluding hydrogens is 521 g/mol. The van der Waals surface area contributed by atoms with E-state index in [2.05, 4.69) is 0 Å². The van der Waals surface area contributed by atoms with Crippen molar-refractivity contribution < 1.29 is 19.4 Å². The molecule has 7 heteroatoms.